The Morgan fingerprint density at radius 1 is 1.32 bits per heavy atom. The van der Waals surface area contributed by atoms with Gasteiger partial charge in [0.1, 0.15) is 23.5 Å². The molecule has 0 bridgehead atoms. The van der Waals surface area contributed by atoms with Gasteiger partial charge in [-0.2, -0.15) is 0 Å². The molecule has 0 aliphatic carbocycles. The van der Waals surface area contributed by atoms with Crippen LogP contribution in [0.1, 0.15) is 0 Å². The smallest absolute Gasteiger partial charge is 0.242 e. The lowest BCUT2D eigenvalue weighted by molar-refractivity contribution is -0.121. The maximum absolute atomic E-state index is 11.7. The molecule has 0 saturated carbocycles. The third-order valence-corrected chi connectivity index (χ3v) is 3.87. The molecule has 0 unspecified atom stereocenters. The number of benzene rings is 1. The molecule has 1 fully saturated rings. The Hall–Kier alpha value is -2.67. The lowest BCUT2D eigenvalue weighted by Gasteiger charge is -2.34. The largest absolute Gasteiger partial charge is 0.450 e. The van der Waals surface area contributed by atoms with Crippen molar-refractivity contribution in [2.75, 3.05) is 24.7 Å². The van der Waals surface area contributed by atoms with Gasteiger partial charge in [0.2, 0.25) is 5.91 Å². The molecule has 2 N–H and O–H groups in total. The third-order valence-electron chi connectivity index (χ3n) is 3.87. The first-order valence-corrected chi connectivity index (χ1v) is 7.01. The predicted octanol–water partition coefficient (Wildman–Crippen LogP) is 1.07. The van der Waals surface area contributed by atoms with Crippen LogP contribution in [-0.2, 0) is 9.53 Å². The number of primary amides is 1. The monoisotopic (exact) mass is 298 g/mol. The van der Waals surface area contributed by atoms with E-state index in [1.165, 1.54) is 6.33 Å². The second-order valence-electron chi connectivity index (χ2n) is 5.16. The molecule has 1 amide bonds. The molecule has 1 aliphatic rings. The molecule has 7 heteroatoms. The Morgan fingerprint density at radius 3 is 3.05 bits per heavy atom. The number of ether oxygens (including phenoxy) is 1. The fraction of sp³-hybridized carbons (Fsp3) is 0.267. The van der Waals surface area contributed by atoms with E-state index in [-0.39, 0.29) is 6.61 Å². The number of furan rings is 1. The lowest BCUT2D eigenvalue weighted by atomic mass is 10.2. The van der Waals surface area contributed by atoms with Crippen molar-refractivity contribution in [3.63, 3.8) is 0 Å². The standard InChI is InChI=1S/C15H14N4O3/c16-14(20)10-7-21-6-5-19(10)15-13-12(17-8-18-15)9-3-1-2-4-11(9)22-13/h1-4,8,10H,5-7H2,(H2,16,20)/t10-/m0/s1. The van der Waals surface area contributed by atoms with Crippen LogP contribution in [0.25, 0.3) is 22.1 Å². The van der Waals surface area contributed by atoms with Crippen LogP contribution in [0.3, 0.4) is 0 Å². The first-order chi connectivity index (χ1) is 10.8. The van der Waals surface area contributed by atoms with E-state index >= 15 is 0 Å². The van der Waals surface area contributed by atoms with E-state index in [0.717, 1.165) is 16.5 Å². The first kappa shape index (κ1) is 13.0. The molecule has 2 aromatic heterocycles. The van der Waals surface area contributed by atoms with Gasteiger partial charge in [-0.15, -0.1) is 0 Å². The summed E-state index contributed by atoms with van der Waals surface area (Å²) >= 11 is 0. The van der Waals surface area contributed by atoms with Crippen LogP contribution in [-0.4, -0.2) is 41.7 Å². The SMILES string of the molecule is NC(=O)[C@@H]1COCCN1c1ncnc2c1oc1ccccc12. The van der Waals surface area contributed by atoms with Crippen molar-refractivity contribution in [3.05, 3.63) is 30.6 Å². The van der Waals surface area contributed by atoms with Crippen molar-refractivity contribution < 1.29 is 13.9 Å². The Bertz CT molecular complexity index is 860. The highest BCUT2D eigenvalue weighted by Crippen LogP contribution is 2.33. The number of amides is 1. The van der Waals surface area contributed by atoms with Crippen LogP contribution in [0.4, 0.5) is 5.82 Å². The van der Waals surface area contributed by atoms with Crippen molar-refractivity contribution in [1.82, 2.24) is 9.97 Å². The normalized spacial score (nSPS) is 18.9. The number of morpholine rings is 1. The van der Waals surface area contributed by atoms with Gasteiger partial charge in [0.25, 0.3) is 0 Å². The molecular weight excluding hydrogens is 284 g/mol. The highest BCUT2D eigenvalue weighted by Gasteiger charge is 2.31. The van der Waals surface area contributed by atoms with Gasteiger partial charge in [0, 0.05) is 11.9 Å². The molecule has 1 aliphatic heterocycles. The lowest BCUT2D eigenvalue weighted by Crippen LogP contribution is -2.53. The number of anilines is 1. The summed E-state index contributed by atoms with van der Waals surface area (Å²) in [4.78, 5) is 22.1. The topological polar surface area (TPSA) is 94.5 Å². The van der Waals surface area contributed by atoms with Crippen molar-refractivity contribution in [3.8, 4) is 0 Å². The number of hydrogen-bond acceptors (Lipinski definition) is 6. The van der Waals surface area contributed by atoms with Gasteiger partial charge in [0.15, 0.2) is 11.4 Å². The molecule has 3 heterocycles. The van der Waals surface area contributed by atoms with E-state index in [1.807, 2.05) is 29.2 Å². The number of rotatable bonds is 2. The van der Waals surface area contributed by atoms with Gasteiger partial charge in [0.05, 0.1) is 13.2 Å². The number of aromatic nitrogens is 2. The fourth-order valence-corrected chi connectivity index (χ4v) is 2.81. The maximum atomic E-state index is 11.7. The van der Waals surface area contributed by atoms with Crippen molar-refractivity contribution in [1.29, 1.82) is 0 Å². The second kappa shape index (κ2) is 4.96. The summed E-state index contributed by atoms with van der Waals surface area (Å²) in [7, 11) is 0. The predicted molar refractivity (Wildman–Crippen MR) is 80.5 cm³/mol. The third kappa shape index (κ3) is 1.90. The van der Waals surface area contributed by atoms with E-state index in [1.54, 1.807) is 0 Å². The first-order valence-electron chi connectivity index (χ1n) is 7.01. The number of para-hydroxylation sites is 1. The van der Waals surface area contributed by atoms with Crippen LogP contribution in [0.5, 0.6) is 0 Å². The highest BCUT2D eigenvalue weighted by molar-refractivity contribution is 6.06. The fourth-order valence-electron chi connectivity index (χ4n) is 2.81. The minimum Gasteiger partial charge on any atom is -0.450 e. The quantitative estimate of drug-likeness (QED) is 0.760. The van der Waals surface area contributed by atoms with E-state index in [2.05, 4.69) is 9.97 Å². The van der Waals surface area contributed by atoms with E-state index < -0.39 is 11.9 Å². The van der Waals surface area contributed by atoms with Gasteiger partial charge < -0.3 is 19.8 Å². The summed E-state index contributed by atoms with van der Waals surface area (Å²) in [5.74, 6) is 0.135. The van der Waals surface area contributed by atoms with Crippen LogP contribution in [0.2, 0.25) is 0 Å². The molecule has 0 spiro atoms. The van der Waals surface area contributed by atoms with Crippen molar-refractivity contribution in [2.24, 2.45) is 5.73 Å². The van der Waals surface area contributed by atoms with Gasteiger partial charge in [-0.25, -0.2) is 9.97 Å². The second-order valence-corrected chi connectivity index (χ2v) is 5.16. The molecule has 4 rings (SSSR count). The van der Waals surface area contributed by atoms with Gasteiger partial charge in [-0.05, 0) is 12.1 Å². The zero-order chi connectivity index (χ0) is 15.1. The number of fused-ring (bicyclic) bond motifs is 3. The molecule has 1 aromatic carbocycles. The molecular formula is C15H14N4O3. The molecule has 0 radical (unpaired) electrons. The van der Waals surface area contributed by atoms with Crippen molar-refractivity contribution in [2.45, 2.75) is 6.04 Å². The average molecular weight is 298 g/mol. The van der Waals surface area contributed by atoms with Gasteiger partial charge >= 0.3 is 0 Å². The summed E-state index contributed by atoms with van der Waals surface area (Å²) in [5.41, 5.74) is 7.52. The summed E-state index contributed by atoms with van der Waals surface area (Å²) in [6.45, 7) is 1.29. The minimum atomic E-state index is -0.555. The Balaban J connectivity index is 1.92. The van der Waals surface area contributed by atoms with Crippen LogP contribution in [0.15, 0.2) is 35.0 Å². The van der Waals surface area contributed by atoms with Crippen LogP contribution >= 0.6 is 0 Å². The van der Waals surface area contributed by atoms with E-state index in [4.69, 9.17) is 14.9 Å². The van der Waals surface area contributed by atoms with Crippen molar-refractivity contribution >= 4 is 33.8 Å². The minimum absolute atomic E-state index is 0.251. The molecule has 22 heavy (non-hydrogen) atoms. The Labute approximate surface area is 125 Å². The Kier molecular flexibility index (Phi) is 2.93. The number of hydrogen-bond donors (Lipinski definition) is 1. The van der Waals surface area contributed by atoms with Crippen LogP contribution < -0.4 is 10.6 Å². The number of nitrogens with zero attached hydrogens (tertiary/aromatic N) is 3. The van der Waals surface area contributed by atoms with E-state index in [9.17, 15) is 4.79 Å². The van der Waals surface area contributed by atoms with Crippen LogP contribution in [0, 0.1) is 0 Å². The average Bonchev–Trinajstić information content (AvgIpc) is 2.93. The summed E-state index contributed by atoms with van der Waals surface area (Å²) in [6.07, 6.45) is 1.48. The molecule has 1 saturated heterocycles. The number of nitrogens with two attached hydrogens (primary N) is 1. The zero-order valence-electron chi connectivity index (χ0n) is 11.7. The number of carbonyl (C=O) groups is 1. The molecule has 1 atom stereocenters. The molecule has 3 aromatic rings. The van der Waals surface area contributed by atoms with Gasteiger partial charge in [-0.3, -0.25) is 4.79 Å². The molecule has 7 nitrogen and oxygen atoms in total. The molecule has 112 valence electrons. The van der Waals surface area contributed by atoms with Gasteiger partial charge in [-0.1, -0.05) is 12.1 Å². The summed E-state index contributed by atoms with van der Waals surface area (Å²) in [6, 6.07) is 7.10. The highest BCUT2D eigenvalue weighted by atomic mass is 16.5. The summed E-state index contributed by atoms with van der Waals surface area (Å²) in [5, 5.41) is 0.921. The summed E-state index contributed by atoms with van der Waals surface area (Å²) < 4.78 is 11.3. The zero-order valence-corrected chi connectivity index (χ0v) is 11.7. The number of carbonyl (C=O) groups excluding carboxylic acids is 1. The van der Waals surface area contributed by atoms with E-state index in [0.29, 0.717) is 24.6 Å². The maximum Gasteiger partial charge on any atom is 0.242 e. The Morgan fingerprint density at radius 2 is 2.18 bits per heavy atom.